The number of unbranched alkanes of at least 4 members (excludes halogenated alkanes) is 6. The summed E-state index contributed by atoms with van der Waals surface area (Å²) in [6.07, 6.45) is 9.07. The molecule has 0 saturated carbocycles. The summed E-state index contributed by atoms with van der Waals surface area (Å²) in [7, 11) is 0. The molecule has 0 unspecified atom stereocenters. The zero-order chi connectivity index (χ0) is 15.4. The molecule has 0 fully saturated rings. The van der Waals surface area contributed by atoms with E-state index in [1.54, 1.807) is 0 Å². The summed E-state index contributed by atoms with van der Waals surface area (Å²) in [6, 6.07) is -0.696. The van der Waals surface area contributed by atoms with Gasteiger partial charge in [0.25, 0.3) is 0 Å². The van der Waals surface area contributed by atoms with Gasteiger partial charge in [0.05, 0.1) is 0 Å². The molecule has 0 rings (SSSR count). The molecule has 0 amide bonds. The van der Waals surface area contributed by atoms with Gasteiger partial charge >= 0.3 is 41.5 Å². The van der Waals surface area contributed by atoms with Crippen LogP contribution in [0, 0.1) is 5.92 Å². The van der Waals surface area contributed by atoms with Crippen molar-refractivity contribution in [2.75, 3.05) is 0 Å². The standard InChI is InChI=1S/C16H31NO3.Na.H/c1-4-6-7-8-9-10-11-12-14(18)20-16(19)15(17)13(3)5-2;;/h13,15H,4-12,17H2,1-3H3;;/t13-,15-;;/m0../s1. The molecule has 5 heteroatoms. The molecule has 0 aromatic heterocycles. The second-order valence-corrected chi connectivity index (χ2v) is 5.58. The van der Waals surface area contributed by atoms with Gasteiger partial charge in [0.2, 0.25) is 0 Å². The molecule has 2 N–H and O–H groups in total. The van der Waals surface area contributed by atoms with E-state index in [-0.39, 0.29) is 35.5 Å². The minimum absolute atomic E-state index is 0. The van der Waals surface area contributed by atoms with E-state index in [2.05, 4.69) is 6.92 Å². The molecule has 120 valence electrons. The van der Waals surface area contributed by atoms with Crippen LogP contribution in [-0.2, 0) is 14.3 Å². The summed E-state index contributed by atoms with van der Waals surface area (Å²) in [6.45, 7) is 6.03. The van der Waals surface area contributed by atoms with Gasteiger partial charge < -0.3 is 10.5 Å². The Morgan fingerprint density at radius 3 is 2.05 bits per heavy atom. The number of carbonyl (C=O) groups is 2. The quantitative estimate of drug-likeness (QED) is 0.276. The number of carbonyl (C=O) groups excluding carboxylic acids is 2. The zero-order valence-electron chi connectivity index (χ0n) is 13.3. The fraction of sp³-hybridized carbons (Fsp3) is 0.875. The molecule has 0 aliphatic rings. The van der Waals surface area contributed by atoms with Crippen LogP contribution >= 0.6 is 0 Å². The van der Waals surface area contributed by atoms with E-state index in [4.69, 9.17) is 10.5 Å². The van der Waals surface area contributed by atoms with Gasteiger partial charge in [-0.3, -0.25) is 4.79 Å². The summed E-state index contributed by atoms with van der Waals surface area (Å²) < 4.78 is 4.78. The van der Waals surface area contributed by atoms with E-state index in [9.17, 15) is 9.59 Å². The van der Waals surface area contributed by atoms with Gasteiger partial charge in [0, 0.05) is 6.42 Å². The Morgan fingerprint density at radius 1 is 1.00 bits per heavy atom. The molecular formula is C16H32NNaO3. The van der Waals surface area contributed by atoms with Crippen molar-refractivity contribution in [1.82, 2.24) is 0 Å². The molecule has 0 aliphatic carbocycles. The van der Waals surface area contributed by atoms with Gasteiger partial charge in [0.1, 0.15) is 6.04 Å². The molecule has 2 atom stereocenters. The van der Waals surface area contributed by atoms with Gasteiger partial charge in [-0.15, -0.1) is 0 Å². The van der Waals surface area contributed by atoms with E-state index >= 15 is 0 Å². The third-order valence-electron chi connectivity index (χ3n) is 3.73. The molecule has 0 radical (unpaired) electrons. The van der Waals surface area contributed by atoms with Crippen molar-refractivity contribution in [1.29, 1.82) is 0 Å². The molecular weight excluding hydrogens is 277 g/mol. The Morgan fingerprint density at radius 2 is 1.52 bits per heavy atom. The minimum atomic E-state index is -0.696. The van der Waals surface area contributed by atoms with Crippen molar-refractivity contribution in [2.24, 2.45) is 11.7 Å². The predicted octanol–water partition coefficient (Wildman–Crippen LogP) is 2.92. The molecule has 0 saturated heterocycles. The van der Waals surface area contributed by atoms with Crippen molar-refractivity contribution >= 4 is 41.5 Å². The Labute approximate surface area is 151 Å². The van der Waals surface area contributed by atoms with E-state index < -0.39 is 18.0 Å². The van der Waals surface area contributed by atoms with Crippen LogP contribution in [0.2, 0.25) is 0 Å². The van der Waals surface area contributed by atoms with Gasteiger partial charge in [-0.1, -0.05) is 65.7 Å². The van der Waals surface area contributed by atoms with Crippen molar-refractivity contribution < 1.29 is 14.3 Å². The Bertz CT molecular complexity index is 285. The summed E-state index contributed by atoms with van der Waals surface area (Å²) in [5.41, 5.74) is 5.72. The maximum atomic E-state index is 11.6. The number of esters is 2. The molecule has 4 nitrogen and oxygen atoms in total. The molecule has 0 heterocycles. The summed E-state index contributed by atoms with van der Waals surface area (Å²) in [5.74, 6) is -0.997. The number of hydrogen-bond acceptors (Lipinski definition) is 4. The van der Waals surface area contributed by atoms with Crippen LogP contribution in [0.25, 0.3) is 0 Å². The van der Waals surface area contributed by atoms with Crippen molar-refractivity contribution in [3.8, 4) is 0 Å². The first kappa shape index (κ1) is 23.4. The first-order chi connectivity index (χ1) is 9.52. The Balaban J connectivity index is 0. The molecule has 0 aliphatic heterocycles. The van der Waals surface area contributed by atoms with Gasteiger partial charge in [0.15, 0.2) is 0 Å². The molecule has 0 aromatic carbocycles. The van der Waals surface area contributed by atoms with E-state index in [1.807, 2.05) is 13.8 Å². The summed E-state index contributed by atoms with van der Waals surface area (Å²) in [5, 5.41) is 0. The van der Waals surface area contributed by atoms with Crippen LogP contribution in [0.15, 0.2) is 0 Å². The van der Waals surface area contributed by atoms with Crippen LogP contribution in [0.4, 0.5) is 0 Å². The monoisotopic (exact) mass is 309 g/mol. The molecule has 0 spiro atoms. The molecule has 0 bridgehead atoms. The molecule has 21 heavy (non-hydrogen) atoms. The second-order valence-electron chi connectivity index (χ2n) is 5.58. The first-order valence-corrected chi connectivity index (χ1v) is 8.03. The summed E-state index contributed by atoms with van der Waals surface area (Å²) in [4.78, 5) is 23.1. The van der Waals surface area contributed by atoms with E-state index in [1.165, 1.54) is 25.7 Å². The predicted molar refractivity (Wildman–Crippen MR) is 88.3 cm³/mol. The van der Waals surface area contributed by atoms with Gasteiger partial charge in [-0.25, -0.2) is 4.79 Å². The van der Waals surface area contributed by atoms with E-state index in [0.717, 1.165) is 25.7 Å². The normalized spacial score (nSPS) is 13.1. The van der Waals surface area contributed by atoms with Crippen LogP contribution in [0.5, 0.6) is 0 Å². The van der Waals surface area contributed by atoms with Crippen LogP contribution in [0.3, 0.4) is 0 Å². The van der Waals surface area contributed by atoms with Crippen LogP contribution in [0.1, 0.15) is 78.6 Å². The second kappa shape index (κ2) is 15.0. The Hall–Kier alpha value is 0.1000. The van der Waals surface area contributed by atoms with Crippen LogP contribution < -0.4 is 5.73 Å². The average molecular weight is 309 g/mol. The number of hydrogen-bond donors (Lipinski definition) is 1. The van der Waals surface area contributed by atoms with Crippen molar-refractivity contribution in [3.63, 3.8) is 0 Å². The SMILES string of the molecule is CCCCCCCCCC(=O)OC(=O)[C@@H](N)[C@@H](C)CC.[NaH]. The average Bonchev–Trinajstić information content (AvgIpc) is 2.44. The topological polar surface area (TPSA) is 69.4 Å². The number of rotatable bonds is 11. The van der Waals surface area contributed by atoms with Gasteiger partial charge in [-0.2, -0.15) is 0 Å². The zero-order valence-corrected chi connectivity index (χ0v) is 13.3. The maximum absolute atomic E-state index is 11.6. The fourth-order valence-corrected chi connectivity index (χ4v) is 1.94. The third kappa shape index (κ3) is 12.3. The van der Waals surface area contributed by atoms with E-state index in [0.29, 0.717) is 6.42 Å². The molecule has 0 aromatic rings. The first-order valence-electron chi connectivity index (χ1n) is 8.03. The number of ether oxygens (including phenoxy) is 1. The van der Waals surface area contributed by atoms with Crippen molar-refractivity contribution in [3.05, 3.63) is 0 Å². The number of nitrogens with two attached hydrogens (primary N) is 1. The fourth-order valence-electron chi connectivity index (χ4n) is 1.94. The van der Waals surface area contributed by atoms with Crippen LogP contribution in [-0.4, -0.2) is 47.5 Å². The third-order valence-corrected chi connectivity index (χ3v) is 3.73. The summed E-state index contributed by atoms with van der Waals surface area (Å²) >= 11 is 0. The Kier molecular flexibility index (Phi) is 16.7. The van der Waals surface area contributed by atoms with Gasteiger partial charge in [-0.05, 0) is 12.3 Å². The van der Waals surface area contributed by atoms with Crippen molar-refractivity contribution in [2.45, 2.75) is 84.6 Å².